The van der Waals surface area contributed by atoms with Gasteiger partial charge in [0.2, 0.25) is 5.95 Å². The molecule has 0 aliphatic carbocycles. The molecular weight excluding hydrogens is 420 g/mol. The number of aliphatic hydroxyl groups is 1. The Labute approximate surface area is 195 Å². The van der Waals surface area contributed by atoms with E-state index in [1.54, 1.807) is 6.07 Å². The number of nitrogens with zero attached hydrogens (tertiary/aromatic N) is 4. The molecule has 1 amide bonds. The van der Waals surface area contributed by atoms with Gasteiger partial charge in [0.1, 0.15) is 11.5 Å². The highest BCUT2D eigenvalue weighted by atomic mass is 16.5. The van der Waals surface area contributed by atoms with Gasteiger partial charge in [0.15, 0.2) is 0 Å². The van der Waals surface area contributed by atoms with E-state index in [9.17, 15) is 9.90 Å². The highest BCUT2D eigenvalue weighted by molar-refractivity contribution is 5.93. The van der Waals surface area contributed by atoms with Crippen molar-refractivity contribution >= 4 is 17.7 Å². The van der Waals surface area contributed by atoms with Crippen LogP contribution < -0.4 is 15.5 Å². The number of hydrogen-bond donors (Lipinski definition) is 3. The highest BCUT2D eigenvalue weighted by Gasteiger charge is 2.22. The molecule has 1 aromatic carbocycles. The normalized spacial score (nSPS) is 17.1. The fraction of sp³-hybridized carbons (Fsp3) is 0.542. The zero-order valence-electron chi connectivity index (χ0n) is 19.5. The van der Waals surface area contributed by atoms with Gasteiger partial charge in [0.05, 0.1) is 25.4 Å². The first-order chi connectivity index (χ1) is 16.0. The third kappa shape index (κ3) is 6.19. The number of carbonyl (C=O) groups excluding carboxylic acids is 1. The second kappa shape index (κ2) is 10.9. The molecule has 3 N–H and O–H groups in total. The van der Waals surface area contributed by atoms with Crippen molar-refractivity contribution in [2.24, 2.45) is 0 Å². The number of carbonyl (C=O) groups is 1. The lowest BCUT2D eigenvalue weighted by Gasteiger charge is -2.30. The summed E-state index contributed by atoms with van der Waals surface area (Å²) in [5, 5.41) is 16.7. The lowest BCUT2D eigenvalue weighted by atomic mass is 10.00. The third-order valence-electron chi connectivity index (χ3n) is 6.01. The summed E-state index contributed by atoms with van der Waals surface area (Å²) in [5.74, 6) is 0.785. The summed E-state index contributed by atoms with van der Waals surface area (Å²) < 4.78 is 5.22. The Morgan fingerprint density at radius 1 is 1.30 bits per heavy atom. The summed E-state index contributed by atoms with van der Waals surface area (Å²) in [5.41, 5.74) is 2.97. The van der Waals surface area contributed by atoms with Gasteiger partial charge in [-0.2, -0.15) is 4.98 Å². The maximum Gasteiger partial charge on any atom is 0.270 e. The molecule has 33 heavy (non-hydrogen) atoms. The second-order valence-corrected chi connectivity index (χ2v) is 8.86. The molecule has 0 radical (unpaired) electrons. The third-order valence-corrected chi connectivity index (χ3v) is 6.01. The van der Waals surface area contributed by atoms with E-state index in [1.807, 2.05) is 18.0 Å². The first-order valence-electron chi connectivity index (χ1n) is 11.7. The van der Waals surface area contributed by atoms with Crippen LogP contribution in [0.2, 0.25) is 0 Å². The summed E-state index contributed by atoms with van der Waals surface area (Å²) in [7, 11) is 1.91. The van der Waals surface area contributed by atoms with E-state index in [4.69, 9.17) is 4.74 Å². The topological polar surface area (TPSA) is 103 Å². The maximum atomic E-state index is 12.9. The van der Waals surface area contributed by atoms with Crippen LogP contribution in [0.3, 0.4) is 0 Å². The molecule has 178 valence electrons. The first kappa shape index (κ1) is 23.4. The van der Waals surface area contributed by atoms with Gasteiger partial charge >= 0.3 is 0 Å². The highest BCUT2D eigenvalue weighted by Crippen LogP contribution is 2.19. The molecule has 0 unspecified atom stereocenters. The van der Waals surface area contributed by atoms with Crippen molar-refractivity contribution in [3.8, 4) is 0 Å². The van der Waals surface area contributed by atoms with Crippen molar-refractivity contribution < 1.29 is 14.6 Å². The van der Waals surface area contributed by atoms with Crippen molar-refractivity contribution in [3.63, 3.8) is 0 Å². The zero-order valence-corrected chi connectivity index (χ0v) is 19.5. The van der Waals surface area contributed by atoms with Gasteiger partial charge in [-0.3, -0.25) is 9.69 Å². The number of aliphatic hydroxyl groups excluding tert-OH is 1. The van der Waals surface area contributed by atoms with Crippen molar-refractivity contribution in [3.05, 3.63) is 47.2 Å². The van der Waals surface area contributed by atoms with E-state index in [2.05, 4.69) is 50.6 Å². The number of nitrogens with one attached hydrogen (secondary N) is 2. The van der Waals surface area contributed by atoms with Crippen LogP contribution in [0.5, 0.6) is 0 Å². The fourth-order valence-corrected chi connectivity index (χ4v) is 4.13. The van der Waals surface area contributed by atoms with E-state index in [1.165, 1.54) is 11.1 Å². The molecule has 2 aliphatic heterocycles. The first-order valence-corrected chi connectivity index (χ1v) is 11.7. The van der Waals surface area contributed by atoms with Crippen LogP contribution in [-0.2, 0) is 17.7 Å². The zero-order chi connectivity index (χ0) is 23.2. The van der Waals surface area contributed by atoms with Gasteiger partial charge in [-0.1, -0.05) is 31.2 Å². The number of amides is 1. The quantitative estimate of drug-likeness (QED) is 0.494. The molecular formula is C24H34N6O3. The summed E-state index contributed by atoms with van der Waals surface area (Å²) in [4.78, 5) is 26.0. The molecule has 1 atom stereocenters. The number of benzene rings is 1. The smallest absolute Gasteiger partial charge is 0.270 e. The van der Waals surface area contributed by atoms with Gasteiger partial charge < -0.3 is 25.4 Å². The van der Waals surface area contributed by atoms with Crippen LogP contribution in [0.4, 0.5) is 11.8 Å². The SMILES string of the molecule is CCCN(C)c1nc(NC2COC2)cc(C(=O)NC[C@H](O)CN2CCc3ccccc3C2)n1. The molecule has 1 saturated heterocycles. The fourth-order valence-electron chi connectivity index (χ4n) is 4.13. The molecule has 0 bridgehead atoms. The van der Waals surface area contributed by atoms with Crippen molar-refractivity contribution in [1.82, 2.24) is 20.2 Å². The Kier molecular flexibility index (Phi) is 7.74. The molecule has 1 aromatic heterocycles. The summed E-state index contributed by atoms with van der Waals surface area (Å²) in [6.07, 6.45) is 1.27. The van der Waals surface area contributed by atoms with Crippen LogP contribution in [-0.4, -0.2) is 84.5 Å². The molecule has 3 heterocycles. The molecule has 9 nitrogen and oxygen atoms in total. The van der Waals surface area contributed by atoms with Gasteiger partial charge in [-0.05, 0) is 24.0 Å². The number of rotatable bonds is 10. The second-order valence-electron chi connectivity index (χ2n) is 8.86. The molecule has 9 heteroatoms. The van der Waals surface area contributed by atoms with E-state index in [0.717, 1.165) is 32.5 Å². The predicted octanol–water partition coefficient (Wildman–Crippen LogP) is 1.28. The van der Waals surface area contributed by atoms with E-state index in [-0.39, 0.29) is 24.2 Å². The van der Waals surface area contributed by atoms with Crippen molar-refractivity contribution in [2.45, 2.75) is 38.5 Å². The lowest BCUT2D eigenvalue weighted by molar-refractivity contribution is 0.0209. The standard InChI is InChI=1S/C24H34N6O3/c1-3-9-29(2)24-27-21(11-22(28-24)26-19-15-33-16-19)23(32)25-12-20(31)14-30-10-8-17-6-4-5-7-18(17)13-30/h4-7,11,19-20,31H,3,8-10,12-16H2,1-2H3,(H,25,32)(H,26,27,28)/t20-/m0/s1. The number of β-amino-alcohol motifs (C(OH)–C–C–N with tert-alkyl or cyclic N) is 1. The monoisotopic (exact) mass is 454 g/mol. The van der Waals surface area contributed by atoms with E-state index in [0.29, 0.717) is 31.5 Å². The Morgan fingerprint density at radius 3 is 2.82 bits per heavy atom. The van der Waals surface area contributed by atoms with Gasteiger partial charge in [-0.15, -0.1) is 0 Å². The van der Waals surface area contributed by atoms with Crippen molar-refractivity contribution in [2.75, 3.05) is 56.7 Å². The average molecular weight is 455 g/mol. The van der Waals surface area contributed by atoms with Crippen LogP contribution >= 0.6 is 0 Å². The number of hydrogen-bond acceptors (Lipinski definition) is 8. The van der Waals surface area contributed by atoms with E-state index < -0.39 is 6.10 Å². The van der Waals surface area contributed by atoms with Crippen molar-refractivity contribution in [1.29, 1.82) is 0 Å². The molecule has 4 rings (SSSR count). The summed E-state index contributed by atoms with van der Waals surface area (Å²) >= 11 is 0. The van der Waals surface area contributed by atoms with Gasteiger partial charge in [-0.25, -0.2) is 4.98 Å². The van der Waals surface area contributed by atoms with Crippen LogP contribution in [0.15, 0.2) is 30.3 Å². The number of anilines is 2. The Bertz CT molecular complexity index is 952. The van der Waals surface area contributed by atoms with Crippen LogP contribution in [0.1, 0.15) is 35.0 Å². The minimum atomic E-state index is -0.659. The van der Waals surface area contributed by atoms with Gasteiger partial charge in [0.25, 0.3) is 5.91 Å². The van der Waals surface area contributed by atoms with Crippen LogP contribution in [0.25, 0.3) is 0 Å². The summed E-state index contributed by atoms with van der Waals surface area (Å²) in [6.45, 7) is 6.52. The van der Waals surface area contributed by atoms with Crippen LogP contribution in [0, 0.1) is 0 Å². The maximum absolute atomic E-state index is 12.9. The molecule has 1 fully saturated rings. The summed E-state index contributed by atoms with van der Waals surface area (Å²) in [6, 6.07) is 10.3. The lowest BCUT2D eigenvalue weighted by Crippen LogP contribution is -2.42. The molecule has 0 saturated carbocycles. The van der Waals surface area contributed by atoms with E-state index >= 15 is 0 Å². The largest absolute Gasteiger partial charge is 0.390 e. The van der Waals surface area contributed by atoms with Gasteiger partial charge in [0, 0.05) is 45.8 Å². The molecule has 0 spiro atoms. The number of fused-ring (bicyclic) bond motifs is 1. The Morgan fingerprint density at radius 2 is 2.09 bits per heavy atom. The average Bonchev–Trinajstić information content (AvgIpc) is 2.79. The Balaban J connectivity index is 1.34. The number of aromatic nitrogens is 2. The Hall–Kier alpha value is -2.75. The minimum Gasteiger partial charge on any atom is -0.390 e. The molecule has 2 aliphatic rings. The molecule has 2 aromatic rings. The minimum absolute atomic E-state index is 0.167. The predicted molar refractivity (Wildman–Crippen MR) is 128 cm³/mol. The number of ether oxygens (including phenoxy) is 1.